The fourth-order valence-electron chi connectivity index (χ4n) is 1.90. The summed E-state index contributed by atoms with van der Waals surface area (Å²) < 4.78 is 23.1. The molecule has 0 spiro atoms. The summed E-state index contributed by atoms with van der Waals surface area (Å²) in [5, 5.41) is 11.1. The molecule has 0 aliphatic heterocycles. The van der Waals surface area contributed by atoms with Crippen LogP contribution in [0.4, 0.5) is 5.69 Å². The van der Waals surface area contributed by atoms with Crippen LogP contribution in [-0.4, -0.2) is 36.2 Å². The molecular weight excluding hydrogens is 250 g/mol. The highest BCUT2D eigenvalue weighted by atomic mass is 32.2. The molecule has 1 aromatic carbocycles. The Kier molecular flexibility index (Phi) is 3.56. The highest BCUT2D eigenvalue weighted by molar-refractivity contribution is 7.91. The number of hydrogen-bond acceptors (Lipinski definition) is 4. The Morgan fingerprint density at radius 3 is 2.94 bits per heavy atom. The third-order valence-electron chi connectivity index (χ3n) is 2.83. The number of sulfone groups is 1. The maximum atomic E-state index is 11.6. The van der Waals surface area contributed by atoms with E-state index in [0.29, 0.717) is 0 Å². The molecule has 5 nitrogen and oxygen atoms in total. The Morgan fingerprint density at radius 2 is 2.22 bits per heavy atom. The van der Waals surface area contributed by atoms with Crippen molar-refractivity contribution in [1.29, 1.82) is 0 Å². The van der Waals surface area contributed by atoms with Crippen LogP contribution in [0.15, 0.2) is 24.4 Å². The first-order valence-corrected chi connectivity index (χ1v) is 7.73. The van der Waals surface area contributed by atoms with E-state index in [9.17, 15) is 8.42 Å². The number of aromatic amines is 1. The van der Waals surface area contributed by atoms with Crippen LogP contribution in [0.5, 0.6) is 0 Å². The van der Waals surface area contributed by atoms with E-state index in [1.807, 2.05) is 25.1 Å². The van der Waals surface area contributed by atoms with Crippen LogP contribution >= 0.6 is 0 Å². The molecule has 0 fully saturated rings. The lowest BCUT2D eigenvalue weighted by atomic mass is 10.2. The first kappa shape index (κ1) is 12.9. The van der Waals surface area contributed by atoms with Crippen molar-refractivity contribution in [3.63, 3.8) is 0 Å². The zero-order chi connectivity index (χ0) is 13.2. The first-order chi connectivity index (χ1) is 8.52. The van der Waals surface area contributed by atoms with Crippen LogP contribution in [0.1, 0.15) is 13.8 Å². The van der Waals surface area contributed by atoms with Gasteiger partial charge in [-0.25, -0.2) is 8.42 Å². The Balaban J connectivity index is 2.16. The minimum Gasteiger partial charge on any atom is -0.381 e. The predicted molar refractivity (Wildman–Crippen MR) is 73.5 cm³/mol. The second-order valence-corrected chi connectivity index (χ2v) is 6.78. The molecule has 0 radical (unpaired) electrons. The first-order valence-electron chi connectivity index (χ1n) is 5.91. The van der Waals surface area contributed by atoms with Crippen LogP contribution in [0.3, 0.4) is 0 Å². The van der Waals surface area contributed by atoms with E-state index < -0.39 is 9.84 Å². The number of aromatic nitrogens is 2. The Labute approximate surface area is 107 Å². The summed E-state index contributed by atoms with van der Waals surface area (Å²) in [5.41, 5.74) is 1.84. The molecule has 0 aliphatic carbocycles. The summed E-state index contributed by atoms with van der Waals surface area (Å²) in [5.74, 6) is 0.312. The number of hydrogen-bond donors (Lipinski definition) is 2. The van der Waals surface area contributed by atoms with Gasteiger partial charge in [0.2, 0.25) is 0 Å². The second-order valence-electron chi connectivity index (χ2n) is 4.38. The molecule has 6 heteroatoms. The summed E-state index contributed by atoms with van der Waals surface area (Å²) in [6.07, 6.45) is 1.73. The van der Waals surface area contributed by atoms with E-state index in [1.54, 1.807) is 13.1 Å². The summed E-state index contributed by atoms with van der Waals surface area (Å²) in [4.78, 5) is 0. The smallest absolute Gasteiger partial charge is 0.152 e. The quantitative estimate of drug-likeness (QED) is 0.866. The van der Waals surface area contributed by atoms with Gasteiger partial charge >= 0.3 is 0 Å². The molecule has 0 bridgehead atoms. The molecule has 1 unspecified atom stereocenters. The predicted octanol–water partition coefficient (Wildman–Crippen LogP) is 1.80. The third kappa shape index (κ3) is 2.81. The topological polar surface area (TPSA) is 74.8 Å². The van der Waals surface area contributed by atoms with E-state index in [2.05, 4.69) is 15.5 Å². The van der Waals surface area contributed by atoms with Gasteiger partial charge in [-0.2, -0.15) is 5.10 Å². The van der Waals surface area contributed by atoms with Gasteiger partial charge in [0, 0.05) is 22.9 Å². The Bertz CT molecular complexity index is 634. The van der Waals surface area contributed by atoms with Crippen LogP contribution in [0, 0.1) is 0 Å². The number of nitrogens with one attached hydrogen (secondary N) is 2. The van der Waals surface area contributed by atoms with Crippen molar-refractivity contribution >= 4 is 26.4 Å². The highest BCUT2D eigenvalue weighted by Gasteiger charge is 2.14. The summed E-state index contributed by atoms with van der Waals surface area (Å²) in [6.45, 7) is 3.53. The molecule has 1 heterocycles. The van der Waals surface area contributed by atoms with Crippen molar-refractivity contribution in [1.82, 2.24) is 10.2 Å². The Morgan fingerprint density at radius 1 is 1.44 bits per heavy atom. The lowest BCUT2D eigenvalue weighted by Gasteiger charge is -2.15. The fourth-order valence-corrected chi connectivity index (χ4v) is 2.98. The van der Waals surface area contributed by atoms with E-state index in [-0.39, 0.29) is 17.5 Å². The van der Waals surface area contributed by atoms with Gasteiger partial charge in [-0.3, -0.25) is 5.10 Å². The largest absolute Gasteiger partial charge is 0.381 e. The zero-order valence-corrected chi connectivity index (χ0v) is 11.3. The second kappa shape index (κ2) is 4.97. The van der Waals surface area contributed by atoms with Crippen molar-refractivity contribution in [3.05, 3.63) is 24.4 Å². The molecule has 2 aromatic rings. The van der Waals surface area contributed by atoms with Gasteiger partial charge in [-0.1, -0.05) is 13.0 Å². The van der Waals surface area contributed by atoms with Gasteiger partial charge in [0.05, 0.1) is 17.5 Å². The average Bonchev–Trinajstić information content (AvgIpc) is 2.77. The Hall–Kier alpha value is -1.56. The van der Waals surface area contributed by atoms with E-state index in [0.717, 1.165) is 16.6 Å². The van der Waals surface area contributed by atoms with Crippen molar-refractivity contribution in [2.75, 3.05) is 16.8 Å². The summed E-state index contributed by atoms with van der Waals surface area (Å²) >= 11 is 0. The number of rotatable bonds is 5. The monoisotopic (exact) mass is 267 g/mol. The fraction of sp³-hybridized carbons (Fsp3) is 0.417. The molecule has 2 N–H and O–H groups in total. The number of benzene rings is 1. The molecule has 1 atom stereocenters. The van der Waals surface area contributed by atoms with E-state index in [1.165, 1.54) is 0 Å². The van der Waals surface area contributed by atoms with Crippen LogP contribution in [0.2, 0.25) is 0 Å². The van der Waals surface area contributed by atoms with Crippen LogP contribution in [0.25, 0.3) is 10.9 Å². The van der Waals surface area contributed by atoms with Gasteiger partial charge in [0.25, 0.3) is 0 Å². The maximum Gasteiger partial charge on any atom is 0.152 e. The van der Waals surface area contributed by atoms with Crippen molar-refractivity contribution < 1.29 is 8.42 Å². The van der Waals surface area contributed by atoms with Crippen molar-refractivity contribution in [3.8, 4) is 0 Å². The normalized spacial score (nSPS) is 13.7. The SMILES string of the molecule is CCS(=O)(=O)CC(C)Nc1cccc2[nH]ncc12. The number of anilines is 1. The highest BCUT2D eigenvalue weighted by Crippen LogP contribution is 2.21. The van der Waals surface area contributed by atoms with Gasteiger partial charge in [-0.15, -0.1) is 0 Å². The standard InChI is InChI=1S/C12H17N3O2S/c1-3-18(16,17)8-9(2)14-11-5-4-6-12-10(11)7-13-15-12/h4-7,9,14H,3,8H2,1-2H3,(H,13,15). The number of H-pyrrole nitrogens is 1. The van der Waals surface area contributed by atoms with E-state index in [4.69, 9.17) is 0 Å². The molecule has 0 amide bonds. The van der Waals surface area contributed by atoms with Gasteiger partial charge in [0.15, 0.2) is 9.84 Å². The molecule has 1 aromatic heterocycles. The van der Waals surface area contributed by atoms with Gasteiger partial charge in [0.1, 0.15) is 0 Å². The van der Waals surface area contributed by atoms with Crippen LogP contribution < -0.4 is 5.32 Å². The van der Waals surface area contributed by atoms with Gasteiger partial charge < -0.3 is 5.32 Å². The average molecular weight is 267 g/mol. The lowest BCUT2D eigenvalue weighted by molar-refractivity contribution is 0.593. The summed E-state index contributed by atoms with van der Waals surface area (Å²) in [7, 11) is -2.96. The molecule has 0 saturated heterocycles. The molecule has 18 heavy (non-hydrogen) atoms. The third-order valence-corrected chi connectivity index (χ3v) is 4.72. The minimum atomic E-state index is -2.96. The zero-order valence-electron chi connectivity index (χ0n) is 10.5. The van der Waals surface area contributed by atoms with Crippen LogP contribution in [-0.2, 0) is 9.84 Å². The molecular formula is C12H17N3O2S. The van der Waals surface area contributed by atoms with Gasteiger partial charge in [-0.05, 0) is 19.1 Å². The number of nitrogens with zero attached hydrogens (tertiary/aromatic N) is 1. The minimum absolute atomic E-state index is 0.129. The molecule has 2 rings (SSSR count). The molecule has 0 saturated carbocycles. The van der Waals surface area contributed by atoms with Crippen molar-refractivity contribution in [2.24, 2.45) is 0 Å². The maximum absolute atomic E-state index is 11.6. The van der Waals surface area contributed by atoms with Crippen molar-refractivity contribution in [2.45, 2.75) is 19.9 Å². The lowest BCUT2D eigenvalue weighted by Crippen LogP contribution is -2.26. The number of fused-ring (bicyclic) bond motifs is 1. The summed E-state index contributed by atoms with van der Waals surface area (Å²) in [6, 6.07) is 5.63. The van der Waals surface area contributed by atoms with E-state index >= 15 is 0 Å². The molecule has 0 aliphatic rings. The molecule has 98 valence electrons.